The SMILES string of the molecule is C/C=C\C(=O)C1CC2CCCC(C1)N2C(=O)OCC1c2ccccc2-c2ccccc21. The Bertz CT molecular complexity index is 967. The van der Waals surface area contributed by atoms with E-state index in [0.29, 0.717) is 6.61 Å². The second-order valence-electron chi connectivity index (χ2n) is 9.02. The first-order valence-corrected chi connectivity index (χ1v) is 11.5. The first kappa shape index (κ1) is 20.0. The molecule has 0 N–H and O–H groups in total. The minimum Gasteiger partial charge on any atom is -0.448 e. The molecule has 2 aliphatic heterocycles. The number of piperidine rings is 2. The molecule has 2 unspecified atom stereocenters. The van der Waals surface area contributed by atoms with Crippen LogP contribution in [-0.2, 0) is 9.53 Å². The van der Waals surface area contributed by atoms with Crippen LogP contribution in [0.2, 0.25) is 0 Å². The fourth-order valence-corrected chi connectivity index (χ4v) is 5.88. The average Bonchev–Trinajstić information content (AvgIpc) is 3.10. The summed E-state index contributed by atoms with van der Waals surface area (Å²) < 4.78 is 5.95. The highest BCUT2D eigenvalue weighted by atomic mass is 16.6. The minimum absolute atomic E-state index is 0.0316. The molecule has 5 rings (SSSR count). The van der Waals surface area contributed by atoms with Crippen molar-refractivity contribution in [1.82, 2.24) is 4.90 Å². The summed E-state index contributed by atoms with van der Waals surface area (Å²) in [6, 6.07) is 17.0. The molecule has 3 aliphatic rings. The van der Waals surface area contributed by atoms with Gasteiger partial charge in [-0.05, 0) is 67.4 Å². The van der Waals surface area contributed by atoms with Crippen LogP contribution < -0.4 is 0 Å². The number of ketones is 1. The molecule has 2 aromatic carbocycles. The van der Waals surface area contributed by atoms with Gasteiger partial charge in [-0.15, -0.1) is 0 Å². The summed E-state index contributed by atoms with van der Waals surface area (Å²) in [6.45, 7) is 2.23. The van der Waals surface area contributed by atoms with E-state index in [2.05, 4.69) is 48.5 Å². The van der Waals surface area contributed by atoms with Crippen LogP contribution in [0, 0.1) is 5.92 Å². The lowest BCUT2D eigenvalue weighted by atomic mass is 9.77. The van der Waals surface area contributed by atoms with Crippen LogP contribution in [0.15, 0.2) is 60.7 Å². The van der Waals surface area contributed by atoms with Crippen molar-refractivity contribution in [1.29, 1.82) is 0 Å². The van der Waals surface area contributed by atoms with Gasteiger partial charge >= 0.3 is 6.09 Å². The van der Waals surface area contributed by atoms with Gasteiger partial charge in [0.1, 0.15) is 6.61 Å². The molecule has 2 saturated heterocycles. The molecule has 160 valence electrons. The molecule has 0 saturated carbocycles. The van der Waals surface area contributed by atoms with Gasteiger partial charge in [-0.25, -0.2) is 4.79 Å². The number of carbonyl (C=O) groups is 2. The van der Waals surface area contributed by atoms with E-state index in [1.165, 1.54) is 22.3 Å². The molecule has 2 atom stereocenters. The Labute approximate surface area is 183 Å². The number of hydrogen-bond donors (Lipinski definition) is 0. The molecule has 0 radical (unpaired) electrons. The molecule has 0 aromatic heterocycles. The number of fused-ring (bicyclic) bond motifs is 5. The fourth-order valence-electron chi connectivity index (χ4n) is 5.88. The summed E-state index contributed by atoms with van der Waals surface area (Å²) in [7, 11) is 0. The van der Waals surface area contributed by atoms with Crippen molar-refractivity contribution in [2.75, 3.05) is 6.61 Å². The van der Waals surface area contributed by atoms with Gasteiger partial charge in [0, 0.05) is 23.9 Å². The Morgan fingerprint density at radius 1 is 0.968 bits per heavy atom. The van der Waals surface area contributed by atoms with Crippen molar-refractivity contribution in [2.24, 2.45) is 5.92 Å². The molecule has 2 heterocycles. The van der Waals surface area contributed by atoms with E-state index in [1.54, 1.807) is 6.08 Å². The van der Waals surface area contributed by atoms with Gasteiger partial charge in [0.2, 0.25) is 0 Å². The fraction of sp³-hybridized carbons (Fsp3) is 0.407. The van der Waals surface area contributed by atoms with Crippen molar-refractivity contribution >= 4 is 11.9 Å². The van der Waals surface area contributed by atoms with Crippen LogP contribution in [0.25, 0.3) is 11.1 Å². The van der Waals surface area contributed by atoms with E-state index < -0.39 is 0 Å². The lowest BCUT2D eigenvalue weighted by Crippen LogP contribution is -2.55. The van der Waals surface area contributed by atoms with Gasteiger partial charge in [-0.1, -0.05) is 54.6 Å². The molecular weight excluding hydrogens is 386 g/mol. The van der Waals surface area contributed by atoms with Gasteiger partial charge in [0.05, 0.1) is 0 Å². The second kappa shape index (κ2) is 8.33. The molecule has 1 amide bonds. The zero-order valence-corrected chi connectivity index (χ0v) is 18.0. The van der Waals surface area contributed by atoms with Crippen LogP contribution in [0.4, 0.5) is 4.79 Å². The number of hydrogen-bond acceptors (Lipinski definition) is 3. The monoisotopic (exact) mass is 415 g/mol. The molecular formula is C27H29NO3. The number of nitrogens with zero attached hydrogens (tertiary/aromatic N) is 1. The number of benzene rings is 2. The van der Waals surface area contributed by atoms with Crippen LogP contribution in [0.3, 0.4) is 0 Å². The largest absolute Gasteiger partial charge is 0.448 e. The van der Waals surface area contributed by atoms with E-state index in [1.807, 2.05) is 17.9 Å². The van der Waals surface area contributed by atoms with Crippen LogP contribution >= 0.6 is 0 Å². The van der Waals surface area contributed by atoms with E-state index in [0.717, 1.165) is 32.1 Å². The predicted octanol–water partition coefficient (Wildman–Crippen LogP) is 5.71. The third-order valence-electron chi connectivity index (χ3n) is 7.25. The highest BCUT2D eigenvalue weighted by Gasteiger charge is 2.43. The van der Waals surface area contributed by atoms with Crippen LogP contribution in [0.1, 0.15) is 56.1 Å². The van der Waals surface area contributed by atoms with Crippen molar-refractivity contribution in [3.8, 4) is 11.1 Å². The molecule has 0 spiro atoms. The lowest BCUT2D eigenvalue weighted by Gasteiger charge is -2.47. The second-order valence-corrected chi connectivity index (χ2v) is 9.02. The molecule has 2 fully saturated rings. The van der Waals surface area contributed by atoms with Gasteiger partial charge in [0.15, 0.2) is 5.78 Å². The summed E-state index contributed by atoms with van der Waals surface area (Å²) in [6.07, 6.45) is 7.83. The molecule has 2 aromatic rings. The summed E-state index contributed by atoms with van der Waals surface area (Å²) in [5.41, 5.74) is 4.93. The van der Waals surface area contributed by atoms with Crippen LogP contribution in [0.5, 0.6) is 0 Å². The van der Waals surface area contributed by atoms with E-state index >= 15 is 0 Å². The third-order valence-corrected chi connectivity index (χ3v) is 7.25. The minimum atomic E-state index is -0.214. The van der Waals surface area contributed by atoms with Crippen molar-refractivity contribution in [3.63, 3.8) is 0 Å². The molecule has 31 heavy (non-hydrogen) atoms. The molecule has 4 nitrogen and oxygen atoms in total. The number of ether oxygens (including phenoxy) is 1. The van der Waals surface area contributed by atoms with Gasteiger partial charge in [-0.3, -0.25) is 4.79 Å². The maximum atomic E-state index is 13.2. The normalized spacial score (nSPS) is 24.7. The maximum Gasteiger partial charge on any atom is 0.410 e. The Kier molecular flexibility index (Phi) is 5.39. The molecule has 1 aliphatic carbocycles. The van der Waals surface area contributed by atoms with Gasteiger partial charge in [-0.2, -0.15) is 0 Å². The maximum absolute atomic E-state index is 13.2. The molecule has 4 heteroatoms. The Hall–Kier alpha value is -2.88. The first-order valence-electron chi connectivity index (χ1n) is 11.5. The summed E-state index contributed by atoms with van der Waals surface area (Å²) in [5.74, 6) is 0.306. The zero-order valence-electron chi connectivity index (χ0n) is 18.0. The van der Waals surface area contributed by atoms with E-state index in [-0.39, 0.29) is 35.8 Å². The quantitative estimate of drug-likeness (QED) is 0.601. The topological polar surface area (TPSA) is 46.6 Å². The lowest BCUT2D eigenvalue weighted by molar-refractivity contribution is -0.121. The first-order chi connectivity index (χ1) is 15.2. The average molecular weight is 416 g/mol. The highest BCUT2D eigenvalue weighted by Crippen LogP contribution is 2.45. The standard InChI is InChI=1S/C27H29NO3/c1-2-8-26(29)18-15-19-9-7-10-20(16-18)28(19)27(30)31-17-25-23-13-5-3-11-21(23)22-12-4-6-14-24(22)25/h2-6,8,11-14,18-20,25H,7,9-10,15-17H2,1H3/b8-2-. The third kappa shape index (κ3) is 3.58. The van der Waals surface area contributed by atoms with E-state index in [9.17, 15) is 9.59 Å². The smallest absolute Gasteiger partial charge is 0.410 e. The predicted molar refractivity (Wildman–Crippen MR) is 121 cm³/mol. The summed E-state index contributed by atoms with van der Waals surface area (Å²) >= 11 is 0. The highest BCUT2D eigenvalue weighted by molar-refractivity contribution is 5.92. The Morgan fingerprint density at radius 2 is 1.55 bits per heavy atom. The van der Waals surface area contributed by atoms with Gasteiger partial charge in [0.25, 0.3) is 0 Å². The summed E-state index contributed by atoms with van der Waals surface area (Å²) in [5, 5.41) is 0. The molecule has 2 bridgehead atoms. The Morgan fingerprint density at radius 3 is 2.13 bits per heavy atom. The number of amides is 1. The number of allylic oxidation sites excluding steroid dienone is 2. The zero-order chi connectivity index (χ0) is 21.4. The van der Waals surface area contributed by atoms with E-state index in [4.69, 9.17) is 4.74 Å². The van der Waals surface area contributed by atoms with Crippen LogP contribution in [-0.4, -0.2) is 35.5 Å². The van der Waals surface area contributed by atoms with Crippen molar-refractivity contribution in [2.45, 2.75) is 57.0 Å². The number of rotatable bonds is 4. The van der Waals surface area contributed by atoms with Crippen molar-refractivity contribution in [3.05, 3.63) is 71.8 Å². The van der Waals surface area contributed by atoms with Crippen molar-refractivity contribution < 1.29 is 14.3 Å². The number of carbonyl (C=O) groups excluding carboxylic acids is 2. The Balaban J connectivity index is 1.31. The van der Waals surface area contributed by atoms with Gasteiger partial charge < -0.3 is 9.64 Å². The summed E-state index contributed by atoms with van der Waals surface area (Å²) in [4.78, 5) is 27.6.